The number of ether oxygens (including phenoxy) is 1. The molecule has 0 saturated heterocycles. The van der Waals surface area contributed by atoms with E-state index in [-0.39, 0.29) is 18.7 Å². The zero-order valence-corrected chi connectivity index (χ0v) is 12.1. The molecule has 1 aromatic rings. The molecule has 0 fully saturated rings. The first-order chi connectivity index (χ1) is 9.95. The predicted octanol–water partition coefficient (Wildman–Crippen LogP) is 0.758. The summed E-state index contributed by atoms with van der Waals surface area (Å²) in [7, 11) is 1.28. The lowest BCUT2D eigenvalue weighted by molar-refractivity contribution is -0.141. The molecule has 0 radical (unpaired) electrons. The molecule has 1 atom stereocenters. The molecule has 6 nitrogen and oxygen atoms in total. The monoisotopic (exact) mass is 290 g/mol. The van der Waals surface area contributed by atoms with Gasteiger partial charge in [0.05, 0.1) is 7.11 Å². The van der Waals surface area contributed by atoms with Crippen LogP contribution in [0.15, 0.2) is 18.2 Å². The zero-order chi connectivity index (χ0) is 15.6. The minimum absolute atomic E-state index is 0.0449. The predicted molar refractivity (Wildman–Crippen MR) is 75.3 cm³/mol. The van der Waals surface area contributed by atoms with Gasteiger partial charge in [0.25, 0.3) is 5.91 Å². The van der Waals surface area contributed by atoms with Crippen molar-refractivity contribution in [3.05, 3.63) is 34.9 Å². The van der Waals surface area contributed by atoms with Gasteiger partial charge in [0.1, 0.15) is 6.04 Å². The molecule has 112 valence electrons. The van der Waals surface area contributed by atoms with Gasteiger partial charge >= 0.3 is 5.97 Å². The zero-order valence-electron chi connectivity index (χ0n) is 12.1. The molecule has 1 aliphatic heterocycles. The molecular formula is C15H18N2O4. The molecule has 0 spiro atoms. The second kappa shape index (κ2) is 5.95. The fraction of sp³-hybridized carbons (Fsp3) is 0.400. The van der Waals surface area contributed by atoms with Crippen LogP contribution in [0.1, 0.15) is 34.3 Å². The number of carbonyl (C=O) groups is 3. The van der Waals surface area contributed by atoms with E-state index >= 15 is 0 Å². The number of hydrogen-bond acceptors (Lipinski definition) is 4. The Morgan fingerprint density at radius 3 is 2.71 bits per heavy atom. The lowest BCUT2D eigenvalue weighted by Crippen LogP contribution is -2.45. The topological polar surface area (TPSA) is 89.7 Å². The van der Waals surface area contributed by atoms with Gasteiger partial charge in [-0.25, -0.2) is 0 Å². The van der Waals surface area contributed by atoms with Crippen molar-refractivity contribution in [2.45, 2.75) is 32.4 Å². The van der Waals surface area contributed by atoms with E-state index in [0.717, 1.165) is 11.1 Å². The summed E-state index contributed by atoms with van der Waals surface area (Å²) >= 11 is 0. The van der Waals surface area contributed by atoms with Crippen molar-refractivity contribution in [3.8, 4) is 0 Å². The van der Waals surface area contributed by atoms with E-state index < -0.39 is 17.9 Å². The van der Waals surface area contributed by atoms with E-state index in [1.165, 1.54) is 12.0 Å². The Morgan fingerprint density at radius 2 is 2.14 bits per heavy atom. The second-order valence-corrected chi connectivity index (χ2v) is 5.07. The molecule has 1 aromatic carbocycles. The maximum absolute atomic E-state index is 12.4. The first kappa shape index (κ1) is 15.0. The highest BCUT2D eigenvalue weighted by Crippen LogP contribution is 2.28. The maximum Gasteiger partial charge on any atom is 0.305 e. The van der Waals surface area contributed by atoms with Crippen molar-refractivity contribution in [3.63, 3.8) is 0 Å². The number of fused-ring (bicyclic) bond motifs is 1. The van der Waals surface area contributed by atoms with Crippen LogP contribution < -0.4 is 5.73 Å². The van der Waals surface area contributed by atoms with E-state index in [4.69, 9.17) is 5.73 Å². The van der Waals surface area contributed by atoms with Crippen LogP contribution in [0, 0.1) is 6.92 Å². The van der Waals surface area contributed by atoms with E-state index in [9.17, 15) is 14.4 Å². The molecule has 2 rings (SSSR count). The van der Waals surface area contributed by atoms with E-state index in [1.54, 1.807) is 6.07 Å². The summed E-state index contributed by atoms with van der Waals surface area (Å²) in [6.45, 7) is 2.26. The molecule has 1 aliphatic rings. The van der Waals surface area contributed by atoms with Gasteiger partial charge in [0, 0.05) is 18.5 Å². The van der Waals surface area contributed by atoms with Gasteiger partial charge in [-0.15, -0.1) is 0 Å². The highest BCUT2D eigenvalue weighted by Gasteiger charge is 2.36. The maximum atomic E-state index is 12.4. The van der Waals surface area contributed by atoms with Crippen LogP contribution in [0.5, 0.6) is 0 Å². The van der Waals surface area contributed by atoms with Crippen LogP contribution in [-0.4, -0.2) is 35.8 Å². The van der Waals surface area contributed by atoms with Crippen molar-refractivity contribution in [1.82, 2.24) is 4.90 Å². The summed E-state index contributed by atoms with van der Waals surface area (Å²) in [5.41, 5.74) is 7.90. The van der Waals surface area contributed by atoms with Crippen LogP contribution in [-0.2, 0) is 20.9 Å². The summed E-state index contributed by atoms with van der Waals surface area (Å²) in [4.78, 5) is 36.7. The Labute approximate surface area is 122 Å². The van der Waals surface area contributed by atoms with Crippen molar-refractivity contribution < 1.29 is 19.1 Å². The Bertz CT molecular complexity index is 597. The number of hydrogen-bond donors (Lipinski definition) is 1. The fourth-order valence-corrected chi connectivity index (χ4v) is 2.57. The normalized spacial score (nSPS) is 14.8. The Kier molecular flexibility index (Phi) is 4.26. The third-order valence-electron chi connectivity index (χ3n) is 3.78. The summed E-state index contributed by atoms with van der Waals surface area (Å²) in [5, 5.41) is 0. The molecule has 0 saturated carbocycles. The SMILES string of the molecule is COC(=O)CCC(C(N)=O)N1Cc2c(C)cccc2C1=O. The number of methoxy groups -OCH3 is 1. The van der Waals surface area contributed by atoms with Gasteiger partial charge in [-0.05, 0) is 30.5 Å². The molecule has 2 amide bonds. The molecule has 0 bridgehead atoms. The minimum atomic E-state index is -0.802. The molecular weight excluding hydrogens is 272 g/mol. The highest BCUT2D eigenvalue weighted by atomic mass is 16.5. The lowest BCUT2D eigenvalue weighted by atomic mass is 10.1. The molecule has 0 aliphatic carbocycles. The number of aryl methyl sites for hydroxylation is 1. The standard InChI is InChI=1S/C15H18N2O4/c1-9-4-3-5-10-11(9)8-17(15(10)20)12(14(16)19)6-7-13(18)21-2/h3-5,12H,6-8H2,1-2H3,(H2,16,19). The molecule has 6 heteroatoms. The van der Waals surface area contributed by atoms with Gasteiger partial charge in [0.15, 0.2) is 0 Å². The van der Waals surface area contributed by atoms with Crippen molar-refractivity contribution in [2.24, 2.45) is 5.73 Å². The lowest BCUT2D eigenvalue weighted by Gasteiger charge is -2.24. The van der Waals surface area contributed by atoms with Crippen LogP contribution in [0.4, 0.5) is 0 Å². The number of rotatable bonds is 5. The first-order valence-corrected chi connectivity index (χ1v) is 6.71. The van der Waals surface area contributed by atoms with E-state index in [2.05, 4.69) is 4.74 Å². The number of amides is 2. The van der Waals surface area contributed by atoms with Gasteiger partial charge in [-0.2, -0.15) is 0 Å². The third kappa shape index (κ3) is 2.89. The molecule has 1 unspecified atom stereocenters. The first-order valence-electron chi connectivity index (χ1n) is 6.71. The van der Waals surface area contributed by atoms with E-state index in [1.807, 2.05) is 19.1 Å². The Morgan fingerprint density at radius 1 is 1.43 bits per heavy atom. The van der Waals surface area contributed by atoms with Gasteiger partial charge < -0.3 is 15.4 Å². The van der Waals surface area contributed by atoms with Crippen LogP contribution >= 0.6 is 0 Å². The minimum Gasteiger partial charge on any atom is -0.469 e. The fourth-order valence-electron chi connectivity index (χ4n) is 2.57. The number of esters is 1. The second-order valence-electron chi connectivity index (χ2n) is 5.07. The summed E-state index contributed by atoms with van der Waals surface area (Å²) < 4.78 is 4.56. The summed E-state index contributed by atoms with van der Waals surface area (Å²) in [5.74, 6) is -1.26. The number of benzene rings is 1. The molecule has 2 N–H and O–H groups in total. The number of nitrogens with two attached hydrogens (primary N) is 1. The van der Waals surface area contributed by atoms with Crippen molar-refractivity contribution in [2.75, 3.05) is 7.11 Å². The average Bonchev–Trinajstić information content (AvgIpc) is 2.78. The number of carbonyl (C=O) groups excluding carboxylic acids is 3. The van der Waals surface area contributed by atoms with Crippen molar-refractivity contribution >= 4 is 17.8 Å². The third-order valence-corrected chi connectivity index (χ3v) is 3.78. The summed E-state index contributed by atoms with van der Waals surface area (Å²) in [6.07, 6.45) is 0.212. The van der Waals surface area contributed by atoms with Crippen LogP contribution in [0.3, 0.4) is 0 Å². The van der Waals surface area contributed by atoms with Crippen molar-refractivity contribution in [1.29, 1.82) is 0 Å². The van der Waals surface area contributed by atoms with Gasteiger partial charge in [-0.3, -0.25) is 14.4 Å². The quantitative estimate of drug-likeness (QED) is 0.811. The average molecular weight is 290 g/mol. The van der Waals surface area contributed by atoms with Crippen LogP contribution in [0.25, 0.3) is 0 Å². The van der Waals surface area contributed by atoms with Crippen LogP contribution in [0.2, 0.25) is 0 Å². The Balaban J connectivity index is 2.20. The number of nitrogens with zero attached hydrogens (tertiary/aromatic N) is 1. The molecule has 1 heterocycles. The van der Waals surface area contributed by atoms with Gasteiger partial charge in [0.2, 0.25) is 5.91 Å². The van der Waals surface area contributed by atoms with Gasteiger partial charge in [-0.1, -0.05) is 12.1 Å². The Hall–Kier alpha value is -2.37. The molecule has 0 aromatic heterocycles. The van der Waals surface area contributed by atoms with E-state index in [0.29, 0.717) is 12.1 Å². The largest absolute Gasteiger partial charge is 0.469 e. The highest BCUT2D eigenvalue weighted by molar-refractivity contribution is 6.01. The summed E-state index contributed by atoms with van der Waals surface area (Å²) in [6, 6.07) is 4.67. The number of primary amides is 1. The molecule has 21 heavy (non-hydrogen) atoms. The smallest absolute Gasteiger partial charge is 0.305 e.